The smallest absolute Gasteiger partial charge is 0.266 e. The molecule has 0 bridgehead atoms. The van der Waals surface area contributed by atoms with Crippen LogP contribution in [0.2, 0.25) is 0 Å². The fraction of sp³-hybridized carbons (Fsp3) is 0.158. The van der Waals surface area contributed by atoms with Crippen molar-refractivity contribution in [2.75, 3.05) is 0 Å². The molecule has 0 atom stereocenters. The van der Waals surface area contributed by atoms with Crippen LogP contribution in [0.5, 0.6) is 0 Å². The van der Waals surface area contributed by atoms with Crippen LogP contribution in [0.4, 0.5) is 5.69 Å². The maximum atomic E-state index is 10.8. The number of thiol groups is 1. The van der Waals surface area contributed by atoms with Crippen molar-refractivity contribution in [1.29, 1.82) is 0 Å². The van der Waals surface area contributed by atoms with E-state index >= 15 is 0 Å². The van der Waals surface area contributed by atoms with E-state index < -0.39 is 4.92 Å². The number of aromatic nitrogens is 2. The molecule has 1 aromatic heterocycles. The first-order chi connectivity index (χ1) is 14.0. The molecule has 0 saturated carbocycles. The van der Waals surface area contributed by atoms with Crippen molar-refractivity contribution < 1.29 is 4.92 Å². The average Bonchev–Trinajstić information content (AvgIpc) is 3.29. The molecular weight excluding hydrogens is 390 g/mol. The van der Waals surface area contributed by atoms with Gasteiger partial charge in [0.1, 0.15) is 5.03 Å². The second-order valence-electron chi connectivity index (χ2n) is 6.70. The van der Waals surface area contributed by atoms with Crippen LogP contribution in [0.25, 0.3) is 5.69 Å². The lowest BCUT2D eigenvalue weighted by Gasteiger charge is -2.19. The molecule has 0 radical (unpaired) electrons. The SMILES string of the molecule is Cc1cccc(C)c1-n1ncc(C2=NNNN2Cc2ccc([N+](=O)[O-])cc2)c1S. The molecule has 0 amide bonds. The molecule has 3 aromatic rings. The third-order valence-electron chi connectivity index (χ3n) is 4.73. The van der Waals surface area contributed by atoms with Gasteiger partial charge in [0, 0.05) is 12.1 Å². The van der Waals surface area contributed by atoms with E-state index in [9.17, 15) is 10.1 Å². The van der Waals surface area contributed by atoms with E-state index in [2.05, 4.69) is 21.3 Å². The first-order valence-corrected chi connectivity index (χ1v) is 9.33. The zero-order valence-corrected chi connectivity index (χ0v) is 16.7. The second-order valence-corrected chi connectivity index (χ2v) is 7.13. The largest absolute Gasteiger partial charge is 0.269 e. The van der Waals surface area contributed by atoms with E-state index in [1.54, 1.807) is 28.0 Å². The summed E-state index contributed by atoms with van der Waals surface area (Å²) in [7, 11) is 0. The highest BCUT2D eigenvalue weighted by Gasteiger charge is 2.24. The van der Waals surface area contributed by atoms with Gasteiger partial charge in [-0.15, -0.1) is 23.3 Å². The summed E-state index contributed by atoms with van der Waals surface area (Å²) in [5.41, 5.74) is 10.6. The number of nitro benzene ring substituents is 1. The van der Waals surface area contributed by atoms with Crippen molar-refractivity contribution in [2.24, 2.45) is 5.10 Å². The molecule has 1 aliphatic heterocycles. The Balaban J connectivity index is 1.61. The number of benzene rings is 2. The summed E-state index contributed by atoms with van der Waals surface area (Å²) in [5, 5.41) is 22.1. The number of para-hydroxylation sites is 1. The number of non-ortho nitro benzene ring substituents is 1. The van der Waals surface area contributed by atoms with Crippen LogP contribution in [0.3, 0.4) is 0 Å². The monoisotopic (exact) mass is 409 g/mol. The summed E-state index contributed by atoms with van der Waals surface area (Å²) in [6.07, 6.45) is 1.73. The summed E-state index contributed by atoms with van der Waals surface area (Å²) >= 11 is 4.71. The van der Waals surface area contributed by atoms with Crippen LogP contribution in [0, 0.1) is 24.0 Å². The minimum absolute atomic E-state index is 0.0580. The van der Waals surface area contributed by atoms with Gasteiger partial charge in [-0.2, -0.15) is 5.10 Å². The summed E-state index contributed by atoms with van der Waals surface area (Å²) in [5.74, 6) is 0.630. The van der Waals surface area contributed by atoms with Crippen molar-refractivity contribution in [3.8, 4) is 5.69 Å². The Labute approximate surface area is 172 Å². The van der Waals surface area contributed by atoms with Gasteiger partial charge in [0.25, 0.3) is 5.69 Å². The lowest BCUT2D eigenvalue weighted by Crippen LogP contribution is -2.40. The first-order valence-electron chi connectivity index (χ1n) is 8.89. The highest BCUT2D eigenvalue weighted by atomic mass is 32.1. The van der Waals surface area contributed by atoms with E-state index in [1.165, 1.54) is 12.1 Å². The Bertz CT molecular complexity index is 1090. The van der Waals surface area contributed by atoms with Gasteiger partial charge < -0.3 is 0 Å². The molecule has 1 aliphatic rings. The molecule has 0 unspecified atom stereocenters. The number of rotatable bonds is 5. The van der Waals surface area contributed by atoms with Gasteiger partial charge >= 0.3 is 0 Å². The fourth-order valence-electron chi connectivity index (χ4n) is 3.28. The van der Waals surface area contributed by atoms with Crippen molar-refractivity contribution in [3.63, 3.8) is 0 Å². The van der Waals surface area contributed by atoms with Gasteiger partial charge in [0.05, 0.1) is 28.9 Å². The van der Waals surface area contributed by atoms with E-state index in [4.69, 9.17) is 12.6 Å². The molecule has 29 heavy (non-hydrogen) atoms. The number of hydrogen-bond acceptors (Lipinski definition) is 8. The number of hydrazine groups is 2. The molecule has 2 heterocycles. The number of hydrogen-bond donors (Lipinski definition) is 3. The van der Waals surface area contributed by atoms with Crippen LogP contribution in [-0.2, 0) is 6.54 Å². The van der Waals surface area contributed by atoms with Gasteiger partial charge in [-0.05, 0) is 30.5 Å². The standard InChI is InChI=1S/C19H19N7O2S/c1-12-4-3-5-13(2)17(12)25-19(29)16(10-20-25)18-21-22-23-24(18)11-14-6-8-15(9-7-14)26(27)28/h3-10,22-23,29H,11H2,1-2H3. The molecule has 0 saturated heterocycles. The molecule has 4 rings (SSSR count). The molecular formula is C19H19N7O2S. The quantitative estimate of drug-likeness (QED) is 0.340. The first kappa shape index (κ1) is 19.0. The third kappa shape index (κ3) is 3.55. The molecule has 9 nitrogen and oxygen atoms in total. The van der Waals surface area contributed by atoms with Crippen LogP contribution in [0.15, 0.2) is 58.8 Å². The molecule has 2 aromatic carbocycles. The van der Waals surface area contributed by atoms with Gasteiger partial charge in [0.15, 0.2) is 5.84 Å². The number of nitrogens with one attached hydrogen (secondary N) is 2. The van der Waals surface area contributed by atoms with Gasteiger partial charge in [-0.25, -0.2) is 10.2 Å². The Morgan fingerprint density at radius 2 is 1.83 bits per heavy atom. The third-order valence-corrected chi connectivity index (χ3v) is 5.16. The number of hydrazone groups is 1. The summed E-state index contributed by atoms with van der Waals surface area (Å²) in [6, 6.07) is 12.5. The van der Waals surface area contributed by atoms with Crippen molar-refractivity contribution >= 4 is 24.2 Å². The molecule has 10 heteroatoms. The molecule has 0 aliphatic carbocycles. The van der Waals surface area contributed by atoms with Crippen LogP contribution in [-0.4, -0.2) is 25.5 Å². The van der Waals surface area contributed by atoms with E-state index in [0.29, 0.717) is 17.4 Å². The Morgan fingerprint density at radius 1 is 1.14 bits per heavy atom. The van der Waals surface area contributed by atoms with Gasteiger partial charge in [-0.3, -0.25) is 15.1 Å². The fourth-order valence-corrected chi connectivity index (χ4v) is 3.59. The minimum atomic E-state index is -0.415. The minimum Gasteiger partial charge on any atom is -0.266 e. The zero-order chi connectivity index (χ0) is 20.5. The van der Waals surface area contributed by atoms with Crippen LogP contribution in [0.1, 0.15) is 22.3 Å². The lowest BCUT2D eigenvalue weighted by molar-refractivity contribution is -0.384. The van der Waals surface area contributed by atoms with Crippen LogP contribution < -0.4 is 11.1 Å². The highest BCUT2D eigenvalue weighted by Crippen LogP contribution is 2.25. The maximum absolute atomic E-state index is 10.8. The molecule has 2 N–H and O–H groups in total. The van der Waals surface area contributed by atoms with Crippen molar-refractivity contribution in [3.05, 3.63) is 81.0 Å². The van der Waals surface area contributed by atoms with E-state index in [1.807, 2.05) is 32.0 Å². The van der Waals surface area contributed by atoms with Crippen LogP contribution >= 0.6 is 12.6 Å². The number of aryl methyl sites for hydroxylation is 2. The topological polar surface area (TPSA) is 101 Å². The summed E-state index contributed by atoms with van der Waals surface area (Å²) in [4.78, 5) is 10.4. The van der Waals surface area contributed by atoms with Gasteiger partial charge in [-0.1, -0.05) is 30.3 Å². The average molecular weight is 409 g/mol. The van der Waals surface area contributed by atoms with Crippen molar-refractivity contribution in [2.45, 2.75) is 25.4 Å². The Kier molecular flexibility index (Phi) is 4.95. The Hall–Kier alpha value is -3.37. The van der Waals surface area contributed by atoms with E-state index in [0.717, 1.165) is 27.9 Å². The number of nitrogens with zero attached hydrogens (tertiary/aromatic N) is 5. The lowest BCUT2D eigenvalue weighted by atomic mass is 10.1. The number of nitro groups is 1. The summed E-state index contributed by atoms with van der Waals surface area (Å²) in [6.45, 7) is 4.52. The van der Waals surface area contributed by atoms with Crippen molar-refractivity contribution in [1.82, 2.24) is 25.9 Å². The second kappa shape index (κ2) is 7.57. The predicted molar refractivity (Wildman–Crippen MR) is 112 cm³/mol. The molecule has 0 spiro atoms. The predicted octanol–water partition coefficient (Wildman–Crippen LogP) is 2.87. The summed E-state index contributed by atoms with van der Waals surface area (Å²) < 4.78 is 1.80. The Morgan fingerprint density at radius 3 is 2.48 bits per heavy atom. The molecule has 148 valence electrons. The van der Waals surface area contributed by atoms with Gasteiger partial charge in [0.2, 0.25) is 0 Å². The van der Waals surface area contributed by atoms with E-state index in [-0.39, 0.29) is 5.69 Å². The highest BCUT2D eigenvalue weighted by molar-refractivity contribution is 7.80. The molecule has 0 fully saturated rings. The maximum Gasteiger partial charge on any atom is 0.269 e. The zero-order valence-electron chi connectivity index (χ0n) is 15.8. The normalized spacial score (nSPS) is 13.3. The number of amidine groups is 1.